The number of rotatable bonds is 36. The van der Waals surface area contributed by atoms with Crippen LogP contribution in [0.5, 0.6) is 5.75 Å². The van der Waals surface area contributed by atoms with Gasteiger partial charge in [0, 0.05) is 58.7 Å². The molecule has 16 rings (SSSR count). The summed E-state index contributed by atoms with van der Waals surface area (Å²) in [5.74, 6) is 1.51. The first kappa shape index (κ1) is 109. The van der Waals surface area contributed by atoms with Crippen molar-refractivity contribution in [2.45, 2.75) is 202 Å². The van der Waals surface area contributed by atoms with E-state index >= 15 is 0 Å². The molecule has 39 heteroatoms. The Bertz CT molecular complexity index is 6860. The summed E-state index contributed by atoms with van der Waals surface area (Å²) in [5, 5.41) is 71.0. The third-order valence-corrected chi connectivity index (χ3v) is 22.8. The molecule has 5 aromatic carbocycles. The van der Waals surface area contributed by atoms with E-state index in [1.807, 2.05) is 280 Å². The minimum atomic E-state index is -1.10. The van der Waals surface area contributed by atoms with Gasteiger partial charge in [-0.25, -0.2) is 4.79 Å². The van der Waals surface area contributed by atoms with E-state index in [1.54, 1.807) is 88.6 Å². The van der Waals surface area contributed by atoms with E-state index in [9.17, 15) is 33.9 Å². The van der Waals surface area contributed by atoms with Crippen LogP contribution in [0.1, 0.15) is 199 Å². The standard InChI is InChI=1S/C24H32N6O4.C22H24N6O.C20H23BrN4O3.2C20H25N5O2/c1-4-13-26-23(32)34-15-18-11-8-12-20-28-29-21(30(18)20)19(27-22(31)24(2,3)25)16-33-14-17-9-6-5-7-10-17;1-14-8-11-19-26-27-20(28(19)13-14)18(25-21(29)22(2,3)23)12-16-10-9-15-6-4-5-7-17(15)24-16;1-20(2,3)19(27)22-15(12-28-11-13-7-5-4-6-8-13)17-23-24-18-16(26)9-14(21)10-25(17)18;2*1-14-9-10-17-23-24-18(25(17)11-14)16(22-19(26)20(2,3)21)13-27-12-15-7-5-4-6-8-15/h5-12,19H,4,13-16,25H2,1-3H3,(H,26,32)(H,27,31);4-11,13,18H,12,23H2,1-3H3,(H,25,29);4-10,15,26H,11-12H2,1-3H3,(H,22,27);2*4-11,16H,12-13,21H2,1-3H3,(H,22,26)/t19-;18-;15-;2*16-/m11111/s1. The average molecular weight is 2040 g/mol. The van der Waals surface area contributed by atoms with Crippen LogP contribution in [0.25, 0.3) is 39.1 Å². The number of nitrogens with one attached hydrogen (secondary N) is 6. The van der Waals surface area contributed by atoms with Gasteiger partial charge in [0.1, 0.15) is 30.8 Å². The van der Waals surface area contributed by atoms with Gasteiger partial charge in [-0.1, -0.05) is 198 Å². The van der Waals surface area contributed by atoms with Gasteiger partial charge in [-0.05, 0) is 186 Å². The van der Waals surface area contributed by atoms with Gasteiger partial charge in [-0.2, -0.15) is 0 Å². The molecule has 15 N–H and O–H groups in total. The molecule has 38 nitrogen and oxygen atoms in total. The molecule has 0 saturated heterocycles. The number of pyridine rings is 6. The highest BCUT2D eigenvalue weighted by Crippen LogP contribution is 2.29. The molecule has 0 bridgehead atoms. The quantitative estimate of drug-likeness (QED) is 0.0174. The highest BCUT2D eigenvalue weighted by atomic mass is 79.9. The Hall–Kier alpha value is -14.8. The SMILES string of the molecule is CC(C)(C)C(=O)N[C@H](COCc1ccccc1)c1nnc2c(O)cc(Br)cn12.CCCNC(=O)OCc1cccc2nnc([C@@H](COCc3ccccc3)NC(=O)C(C)(C)N)n12.Cc1ccc2nnc([C@@H](COCc3ccccc3)NC(=O)C(C)(C)N)n2c1.Cc1ccc2nnc([C@@H](COCc3ccccc3)NC(=O)C(C)(C)N)n2c1.Cc1ccc2nnc([C@@H](Cc3ccc4ccccc4n3)NC(=O)C(C)(C)N)n2c1. The maximum Gasteiger partial charge on any atom is 0.407 e. The number of hydrogen-bond donors (Lipinski definition) is 11. The summed E-state index contributed by atoms with van der Waals surface area (Å²) >= 11 is 3.36. The van der Waals surface area contributed by atoms with Gasteiger partial charge in [-0.15, -0.1) is 51.0 Å². The van der Waals surface area contributed by atoms with Crippen molar-refractivity contribution in [3.8, 4) is 5.75 Å². The maximum atomic E-state index is 12.7. The monoisotopic (exact) mass is 2040 g/mol. The lowest BCUT2D eigenvalue weighted by atomic mass is 9.95. The Morgan fingerprint density at radius 1 is 0.379 bits per heavy atom. The molecule has 0 fully saturated rings. The molecular formula is C106H129BrN26O12. The zero-order chi connectivity index (χ0) is 104. The number of benzene rings is 5. The number of nitrogens with zero attached hydrogens (tertiary/aromatic N) is 16. The first-order valence-corrected chi connectivity index (χ1v) is 48.3. The molecule has 6 amide bonds. The number of amides is 6. The van der Waals surface area contributed by atoms with Crippen LogP contribution in [0.2, 0.25) is 0 Å². The molecule has 0 unspecified atom stereocenters. The van der Waals surface area contributed by atoms with Gasteiger partial charge < -0.3 is 83.6 Å². The molecule has 11 heterocycles. The molecule has 11 aromatic heterocycles. The van der Waals surface area contributed by atoms with Crippen LogP contribution in [0, 0.1) is 26.2 Å². The molecule has 0 spiro atoms. The molecule has 0 aliphatic heterocycles. The minimum absolute atomic E-state index is 0.000716. The normalized spacial score (nSPS) is 12.8. The Morgan fingerprint density at radius 3 is 1.14 bits per heavy atom. The van der Waals surface area contributed by atoms with Crippen molar-refractivity contribution in [3.05, 3.63) is 327 Å². The lowest BCUT2D eigenvalue weighted by Crippen LogP contribution is -2.51. The van der Waals surface area contributed by atoms with Crippen LogP contribution in [0.3, 0.4) is 0 Å². The predicted octanol–water partition coefficient (Wildman–Crippen LogP) is 13.1. The van der Waals surface area contributed by atoms with Crippen molar-refractivity contribution in [2.24, 2.45) is 28.3 Å². The number of halogens is 1. The van der Waals surface area contributed by atoms with E-state index in [0.717, 1.165) is 67.6 Å². The van der Waals surface area contributed by atoms with Crippen LogP contribution in [-0.2, 0) is 87.1 Å². The van der Waals surface area contributed by atoms with E-state index in [0.29, 0.717) is 101 Å². The smallest absolute Gasteiger partial charge is 0.407 e. The van der Waals surface area contributed by atoms with Gasteiger partial charge in [-0.3, -0.25) is 51.0 Å². The van der Waals surface area contributed by atoms with Crippen LogP contribution in [0.15, 0.2) is 248 Å². The average Bonchev–Trinajstić information content (AvgIpc) is 1.68. The van der Waals surface area contributed by atoms with Crippen LogP contribution >= 0.6 is 15.9 Å². The van der Waals surface area contributed by atoms with E-state index in [2.05, 4.69) is 98.8 Å². The van der Waals surface area contributed by atoms with Gasteiger partial charge in [0.2, 0.25) is 35.2 Å². The van der Waals surface area contributed by atoms with Crippen LogP contribution in [-0.4, -0.2) is 174 Å². The number of hydrogen-bond acceptors (Lipinski definition) is 27. The molecule has 16 aromatic rings. The van der Waals surface area contributed by atoms with Crippen LogP contribution < -0.4 is 54.8 Å². The third-order valence-electron chi connectivity index (χ3n) is 22.4. The third kappa shape index (κ3) is 31.4. The Morgan fingerprint density at radius 2 is 0.738 bits per heavy atom. The summed E-state index contributed by atoms with van der Waals surface area (Å²) in [5.41, 5.74) is 32.0. The molecule has 0 aliphatic rings. The van der Waals surface area contributed by atoms with E-state index in [4.69, 9.17) is 51.6 Å². The second kappa shape index (κ2) is 49.9. The molecule has 0 aliphatic carbocycles. The number of aryl methyl sites for hydroxylation is 3. The second-order valence-corrected chi connectivity index (χ2v) is 39.4. The minimum Gasteiger partial charge on any atom is -0.504 e. The largest absolute Gasteiger partial charge is 0.504 e. The lowest BCUT2D eigenvalue weighted by Gasteiger charge is -2.24. The molecular weight excluding hydrogens is 1910 g/mol. The molecule has 0 saturated carbocycles. The number of fused-ring (bicyclic) bond motifs is 6. The number of carbonyl (C=O) groups is 6. The number of aromatic hydroxyl groups is 1. The predicted molar refractivity (Wildman–Crippen MR) is 554 cm³/mol. The topological polar surface area (TPSA) is 509 Å². The van der Waals surface area contributed by atoms with Crippen LogP contribution in [0.4, 0.5) is 4.79 Å². The molecule has 0 radical (unpaired) electrons. The first-order valence-electron chi connectivity index (χ1n) is 47.5. The van der Waals surface area contributed by atoms with Gasteiger partial charge in [0.15, 0.2) is 57.5 Å². The summed E-state index contributed by atoms with van der Waals surface area (Å²) in [4.78, 5) is 79.6. The van der Waals surface area contributed by atoms with Crippen molar-refractivity contribution >= 4 is 90.7 Å². The zero-order valence-corrected chi connectivity index (χ0v) is 85.8. The van der Waals surface area contributed by atoms with E-state index in [-0.39, 0.29) is 68.3 Å². The number of ether oxygens (including phenoxy) is 5. The Labute approximate surface area is 849 Å². The summed E-state index contributed by atoms with van der Waals surface area (Å²) in [7, 11) is 0. The molecule has 762 valence electrons. The second-order valence-electron chi connectivity index (χ2n) is 38.5. The fourth-order valence-electron chi connectivity index (χ4n) is 14.3. The molecule has 5 atom stereocenters. The fraction of sp³-hybridized carbons (Fsp3) is 0.349. The Balaban J connectivity index is 0.000000162. The van der Waals surface area contributed by atoms with Gasteiger partial charge >= 0.3 is 6.09 Å². The highest BCUT2D eigenvalue weighted by Gasteiger charge is 2.35. The van der Waals surface area contributed by atoms with Gasteiger partial charge in [0.25, 0.3) is 0 Å². The number of aromatic nitrogens is 16. The number of nitrogens with two attached hydrogens (primary N) is 4. The van der Waals surface area contributed by atoms with Crippen molar-refractivity contribution in [3.63, 3.8) is 0 Å². The van der Waals surface area contributed by atoms with E-state index in [1.165, 1.54) is 0 Å². The van der Waals surface area contributed by atoms with Crippen molar-refractivity contribution in [1.82, 2.24) is 110 Å². The Kier molecular flexibility index (Phi) is 37.5. The maximum absolute atomic E-state index is 12.7. The first-order chi connectivity index (χ1) is 69.0. The van der Waals surface area contributed by atoms with Crippen molar-refractivity contribution < 1.29 is 57.6 Å². The zero-order valence-electron chi connectivity index (χ0n) is 84.2. The number of alkyl carbamates (subject to hydrolysis) is 1. The van der Waals surface area contributed by atoms with E-state index < -0.39 is 63.9 Å². The molecule has 145 heavy (non-hydrogen) atoms. The highest BCUT2D eigenvalue weighted by molar-refractivity contribution is 9.10. The summed E-state index contributed by atoms with van der Waals surface area (Å²) < 4.78 is 38.6. The summed E-state index contributed by atoms with van der Waals surface area (Å²) in [6, 6.07) is 67.2. The number of carbonyl (C=O) groups excluding carboxylic acids is 6. The lowest BCUT2D eigenvalue weighted by molar-refractivity contribution is -0.130. The fourth-order valence-corrected chi connectivity index (χ4v) is 14.8. The summed E-state index contributed by atoms with van der Waals surface area (Å²) in [6.45, 7) is 29.8. The van der Waals surface area contributed by atoms with Crippen molar-refractivity contribution in [2.75, 3.05) is 33.0 Å². The van der Waals surface area contributed by atoms with Gasteiger partial charge in [0.05, 0.1) is 92.3 Å². The summed E-state index contributed by atoms with van der Waals surface area (Å²) in [6.07, 6.45) is 8.37. The van der Waals surface area contributed by atoms with Crippen molar-refractivity contribution in [1.29, 1.82) is 0 Å². The number of para-hydroxylation sites is 1.